The van der Waals surface area contributed by atoms with Crippen LogP contribution in [0.4, 0.5) is 5.69 Å². The summed E-state index contributed by atoms with van der Waals surface area (Å²) >= 11 is 0. The van der Waals surface area contributed by atoms with Crippen molar-refractivity contribution in [2.45, 2.75) is 81.9 Å². The van der Waals surface area contributed by atoms with Gasteiger partial charge in [0, 0.05) is 56.8 Å². The predicted molar refractivity (Wildman–Crippen MR) is 223 cm³/mol. The lowest BCUT2D eigenvalue weighted by Crippen LogP contribution is -2.49. The summed E-state index contributed by atoms with van der Waals surface area (Å²) in [6.45, 7) is 5.75. The van der Waals surface area contributed by atoms with Crippen LogP contribution < -0.4 is 19.7 Å². The van der Waals surface area contributed by atoms with E-state index >= 15 is 0 Å². The van der Waals surface area contributed by atoms with Gasteiger partial charge in [0.2, 0.25) is 5.91 Å². The van der Waals surface area contributed by atoms with Gasteiger partial charge in [0.1, 0.15) is 24.7 Å². The Hall–Kier alpha value is -5.35. The zero-order valence-electron chi connectivity index (χ0n) is 33.4. The molecule has 4 atom stereocenters. The SMILES string of the molecule is CNC(=O)CCC(C=O)N1Cc2cc3c(cc2C1=O)OCC(CN1CCC2(CC1)CCN(c1ccc(C4c5ccc(O)cc5CCC4c4ccccc4)cc1)CC2)O3. The van der Waals surface area contributed by atoms with E-state index in [1.54, 1.807) is 18.0 Å². The monoisotopic (exact) mass is 782 g/mol. The number of ether oxygens (including phenoxy) is 2. The Kier molecular flexibility index (Phi) is 10.6. The van der Waals surface area contributed by atoms with E-state index in [0.717, 1.165) is 57.4 Å². The van der Waals surface area contributed by atoms with Gasteiger partial charge in [-0.2, -0.15) is 0 Å². The topological polar surface area (TPSA) is 112 Å². The summed E-state index contributed by atoms with van der Waals surface area (Å²) in [5.41, 5.74) is 8.33. The molecule has 2 fully saturated rings. The number of phenolic OH excluding ortho intramolecular Hbond substituents is 1. The molecule has 2 N–H and O–H groups in total. The molecule has 1 spiro atoms. The molecule has 5 aliphatic rings. The van der Waals surface area contributed by atoms with Gasteiger partial charge in [-0.15, -0.1) is 0 Å². The number of aromatic hydroxyl groups is 1. The molecule has 4 unspecified atom stereocenters. The normalized spacial score (nSPS) is 22.9. The Bertz CT molecular complexity index is 2140. The number of benzene rings is 4. The van der Waals surface area contributed by atoms with Crippen LogP contribution in [0.15, 0.2) is 84.9 Å². The average molecular weight is 783 g/mol. The van der Waals surface area contributed by atoms with E-state index in [1.807, 2.05) is 18.2 Å². The van der Waals surface area contributed by atoms with Crippen molar-refractivity contribution in [2.75, 3.05) is 51.3 Å². The van der Waals surface area contributed by atoms with Crippen LogP contribution in [0.3, 0.4) is 0 Å². The van der Waals surface area contributed by atoms with E-state index in [1.165, 1.54) is 53.6 Å². The van der Waals surface area contributed by atoms with E-state index in [2.05, 4.69) is 75.8 Å². The number of amides is 2. The molecule has 9 rings (SSSR count). The minimum Gasteiger partial charge on any atom is -0.508 e. The second kappa shape index (κ2) is 16.1. The van der Waals surface area contributed by atoms with E-state index in [0.29, 0.717) is 47.3 Å². The van der Waals surface area contributed by atoms with Crippen molar-refractivity contribution < 1.29 is 29.0 Å². The van der Waals surface area contributed by atoms with Gasteiger partial charge in [-0.25, -0.2) is 0 Å². The maximum atomic E-state index is 13.3. The Morgan fingerprint density at radius 1 is 0.914 bits per heavy atom. The fraction of sp³-hybridized carbons (Fsp3) is 0.438. The van der Waals surface area contributed by atoms with Gasteiger partial charge in [0.15, 0.2) is 11.5 Å². The second-order valence-corrected chi connectivity index (χ2v) is 17.2. The molecule has 302 valence electrons. The Morgan fingerprint density at radius 3 is 2.41 bits per heavy atom. The molecular formula is C48H54N4O6. The number of phenols is 1. The zero-order chi connectivity index (χ0) is 39.8. The minimum absolute atomic E-state index is 0.106. The van der Waals surface area contributed by atoms with Gasteiger partial charge in [0.25, 0.3) is 5.91 Å². The molecule has 4 aromatic carbocycles. The quantitative estimate of drug-likeness (QED) is 0.169. The third kappa shape index (κ3) is 7.54. The summed E-state index contributed by atoms with van der Waals surface area (Å²) in [6, 6.07) is 29.2. The van der Waals surface area contributed by atoms with Crippen LogP contribution in [0.25, 0.3) is 0 Å². The molecule has 10 heteroatoms. The third-order valence-corrected chi connectivity index (χ3v) is 13.9. The lowest BCUT2D eigenvalue weighted by Gasteiger charge is -2.48. The Labute approximate surface area is 341 Å². The molecular weight excluding hydrogens is 729 g/mol. The van der Waals surface area contributed by atoms with Crippen molar-refractivity contribution in [3.05, 3.63) is 118 Å². The highest BCUT2D eigenvalue weighted by Gasteiger charge is 2.40. The standard InChI is InChI=1S/C48H54N4O6/c1-49-45(55)16-12-37(30-53)52-28-35-26-44-43(27-42(35)47(52)56)57-31-39(58-44)29-50-21-17-48(18-22-50)19-23-51(24-20-48)36-10-7-33(8-11-36)46-40(32-5-3-2-4-6-32)14-9-34-25-38(54)13-15-41(34)46/h2-8,10-11,13,15,25-27,30,37,39-40,46,54H,9,12,14,16-24,28-29,31H2,1H3,(H,49,55). The van der Waals surface area contributed by atoms with Gasteiger partial charge in [0.05, 0.1) is 6.04 Å². The van der Waals surface area contributed by atoms with Crippen molar-refractivity contribution in [1.29, 1.82) is 0 Å². The van der Waals surface area contributed by atoms with Crippen LogP contribution >= 0.6 is 0 Å². The lowest BCUT2D eigenvalue weighted by atomic mass is 9.69. The first kappa shape index (κ1) is 38.2. The number of anilines is 1. The summed E-state index contributed by atoms with van der Waals surface area (Å²) in [5, 5.41) is 12.8. The molecule has 2 amide bonds. The summed E-state index contributed by atoms with van der Waals surface area (Å²) in [7, 11) is 1.56. The summed E-state index contributed by atoms with van der Waals surface area (Å²) in [4.78, 5) is 43.6. The van der Waals surface area contributed by atoms with Crippen LogP contribution in [0.2, 0.25) is 0 Å². The summed E-state index contributed by atoms with van der Waals surface area (Å²) in [5.74, 6) is 1.83. The van der Waals surface area contributed by atoms with E-state index < -0.39 is 6.04 Å². The van der Waals surface area contributed by atoms with Gasteiger partial charge >= 0.3 is 0 Å². The molecule has 4 aliphatic heterocycles. The largest absolute Gasteiger partial charge is 0.508 e. The molecule has 0 radical (unpaired) electrons. The van der Waals surface area contributed by atoms with Crippen molar-refractivity contribution in [3.8, 4) is 17.2 Å². The number of nitrogens with zero attached hydrogens (tertiary/aromatic N) is 3. The first-order valence-electron chi connectivity index (χ1n) is 21.2. The first-order valence-corrected chi connectivity index (χ1v) is 21.2. The first-order chi connectivity index (χ1) is 28.3. The number of carbonyl (C=O) groups is 3. The lowest BCUT2D eigenvalue weighted by molar-refractivity contribution is -0.121. The van der Waals surface area contributed by atoms with Crippen molar-refractivity contribution >= 4 is 23.8 Å². The molecule has 0 bridgehead atoms. The van der Waals surface area contributed by atoms with Gasteiger partial charge in [-0.05, 0) is 134 Å². The van der Waals surface area contributed by atoms with E-state index in [-0.39, 0.29) is 36.7 Å². The highest BCUT2D eigenvalue weighted by molar-refractivity contribution is 6.00. The average Bonchev–Trinajstić information content (AvgIpc) is 3.58. The van der Waals surface area contributed by atoms with Crippen LogP contribution in [0, 0.1) is 5.41 Å². The minimum atomic E-state index is -0.665. The number of hydrogen-bond acceptors (Lipinski definition) is 8. The van der Waals surface area contributed by atoms with Crippen LogP contribution in [0.1, 0.15) is 95.0 Å². The van der Waals surface area contributed by atoms with Crippen molar-refractivity contribution in [3.63, 3.8) is 0 Å². The Balaban J connectivity index is 0.781. The number of aryl methyl sites for hydroxylation is 1. The third-order valence-electron chi connectivity index (χ3n) is 13.9. The molecule has 0 saturated carbocycles. The Morgan fingerprint density at radius 2 is 1.67 bits per heavy atom. The van der Waals surface area contributed by atoms with Gasteiger partial charge in [-0.3, -0.25) is 14.5 Å². The fourth-order valence-corrected chi connectivity index (χ4v) is 10.4. The number of rotatable bonds is 10. The summed E-state index contributed by atoms with van der Waals surface area (Å²) in [6.07, 6.45) is 7.92. The number of fused-ring (bicyclic) bond motifs is 3. The molecule has 4 heterocycles. The molecule has 0 aromatic heterocycles. The maximum absolute atomic E-state index is 13.3. The highest BCUT2D eigenvalue weighted by Crippen LogP contribution is 2.48. The van der Waals surface area contributed by atoms with Crippen molar-refractivity contribution in [1.82, 2.24) is 15.1 Å². The van der Waals surface area contributed by atoms with Crippen LogP contribution in [0.5, 0.6) is 17.2 Å². The highest BCUT2D eigenvalue weighted by atomic mass is 16.6. The number of nitrogens with one attached hydrogen (secondary N) is 1. The number of likely N-dealkylation sites (tertiary alicyclic amines) is 1. The van der Waals surface area contributed by atoms with Crippen LogP contribution in [-0.4, -0.2) is 91.5 Å². The van der Waals surface area contributed by atoms with Crippen molar-refractivity contribution in [2.24, 2.45) is 5.41 Å². The summed E-state index contributed by atoms with van der Waals surface area (Å²) < 4.78 is 12.6. The smallest absolute Gasteiger partial charge is 0.255 e. The number of piperidine rings is 2. The molecule has 1 aliphatic carbocycles. The number of hydrogen-bond donors (Lipinski definition) is 2. The number of carbonyl (C=O) groups excluding carboxylic acids is 3. The zero-order valence-corrected chi connectivity index (χ0v) is 33.4. The predicted octanol–water partition coefficient (Wildman–Crippen LogP) is 6.83. The number of aldehydes is 1. The van der Waals surface area contributed by atoms with Crippen LogP contribution in [-0.2, 0) is 22.6 Å². The second-order valence-electron chi connectivity index (χ2n) is 17.2. The molecule has 58 heavy (non-hydrogen) atoms. The maximum Gasteiger partial charge on any atom is 0.255 e. The molecule has 4 aromatic rings. The fourth-order valence-electron chi connectivity index (χ4n) is 10.4. The molecule has 10 nitrogen and oxygen atoms in total. The van der Waals surface area contributed by atoms with E-state index in [4.69, 9.17) is 9.47 Å². The van der Waals surface area contributed by atoms with Gasteiger partial charge in [-0.1, -0.05) is 48.5 Å². The van der Waals surface area contributed by atoms with E-state index in [9.17, 15) is 19.5 Å². The molecule has 2 saturated heterocycles. The van der Waals surface area contributed by atoms with Gasteiger partial charge < -0.3 is 34.5 Å².